The fourth-order valence-corrected chi connectivity index (χ4v) is 3.03. The molecule has 0 spiro atoms. The molecule has 104 valence electrons. The van der Waals surface area contributed by atoms with E-state index in [0.29, 0.717) is 0 Å². The number of piperazine rings is 1. The van der Waals surface area contributed by atoms with E-state index < -0.39 is 0 Å². The Morgan fingerprint density at radius 3 is 2.42 bits per heavy atom. The van der Waals surface area contributed by atoms with E-state index in [-0.39, 0.29) is 0 Å². The highest BCUT2D eigenvalue weighted by atomic mass is 15.3. The highest BCUT2D eigenvalue weighted by Crippen LogP contribution is 2.21. The molecule has 1 aromatic heterocycles. The maximum absolute atomic E-state index is 4.34. The fraction of sp³-hybridized carbons (Fsp3) is 0.714. The average molecular weight is 261 g/mol. The molecule has 5 nitrogen and oxygen atoms in total. The summed E-state index contributed by atoms with van der Waals surface area (Å²) in [5.74, 6) is 1.74. The van der Waals surface area contributed by atoms with Crippen LogP contribution in [0.5, 0.6) is 0 Å². The number of nitrogens with one attached hydrogen (secondary N) is 1. The smallest absolute Gasteiger partial charge is 0.225 e. The standard InChI is InChI=1S/C14H23N5/c1-4-16-14(17-5-1)19-8-2-13(3-9-19)12-18-10-6-15-7-11-18/h1,4-5,13,15H,2-3,6-12H2. The summed E-state index contributed by atoms with van der Waals surface area (Å²) in [5.41, 5.74) is 0. The summed E-state index contributed by atoms with van der Waals surface area (Å²) in [4.78, 5) is 13.6. The van der Waals surface area contributed by atoms with Gasteiger partial charge in [-0.25, -0.2) is 9.97 Å². The molecule has 0 aromatic carbocycles. The molecule has 2 aliphatic heterocycles. The molecule has 0 bridgehead atoms. The highest BCUT2D eigenvalue weighted by molar-refractivity contribution is 5.28. The molecule has 0 saturated carbocycles. The Morgan fingerprint density at radius 2 is 1.74 bits per heavy atom. The number of piperidine rings is 1. The van der Waals surface area contributed by atoms with Crippen molar-refractivity contribution in [3.63, 3.8) is 0 Å². The van der Waals surface area contributed by atoms with Crippen LogP contribution in [0.4, 0.5) is 5.95 Å². The summed E-state index contributed by atoms with van der Waals surface area (Å²) in [6.45, 7) is 8.18. The summed E-state index contributed by atoms with van der Waals surface area (Å²) in [6.07, 6.45) is 6.19. The summed E-state index contributed by atoms with van der Waals surface area (Å²) in [7, 11) is 0. The van der Waals surface area contributed by atoms with Gasteiger partial charge in [0, 0.05) is 58.2 Å². The Balaban J connectivity index is 1.46. The minimum Gasteiger partial charge on any atom is -0.341 e. The van der Waals surface area contributed by atoms with Crippen LogP contribution in [0.25, 0.3) is 0 Å². The molecule has 2 aliphatic rings. The molecule has 1 aromatic rings. The molecule has 1 N–H and O–H groups in total. The van der Waals surface area contributed by atoms with Crippen LogP contribution in [-0.2, 0) is 0 Å². The van der Waals surface area contributed by atoms with Gasteiger partial charge in [-0.15, -0.1) is 0 Å². The van der Waals surface area contributed by atoms with Crippen molar-refractivity contribution in [1.82, 2.24) is 20.2 Å². The lowest BCUT2D eigenvalue weighted by Gasteiger charge is -2.36. The van der Waals surface area contributed by atoms with Gasteiger partial charge in [-0.1, -0.05) is 0 Å². The lowest BCUT2D eigenvalue weighted by Crippen LogP contribution is -2.47. The van der Waals surface area contributed by atoms with Crippen LogP contribution < -0.4 is 10.2 Å². The van der Waals surface area contributed by atoms with Gasteiger partial charge in [-0.2, -0.15) is 0 Å². The van der Waals surface area contributed by atoms with Crippen molar-refractivity contribution in [2.45, 2.75) is 12.8 Å². The molecule has 0 aliphatic carbocycles. The molecule has 2 fully saturated rings. The van der Waals surface area contributed by atoms with Crippen molar-refractivity contribution in [2.24, 2.45) is 5.92 Å². The van der Waals surface area contributed by atoms with Gasteiger partial charge in [0.05, 0.1) is 0 Å². The number of nitrogens with zero attached hydrogens (tertiary/aromatic N) is 4. The first kappa shape index (κ1) is 12.8. The molecule has 19 heavy (non-hydrogen) atoms. The lowest BCUT2D eigenvalue weighted by molar-refractivity contribution is 0.190. The maximum Gasteiger partial charge on any atom is 0.225 e. The van der Waals surface area contributed by atoms with Gasteiger partial charge in [-0.3, -0.25) is 0 Å². The Morgan fingerprint density at radius 1 is 1.05 bits per heavy atom. The number of anilines is 1. The summed E-state index contributed by atoms with van der Waals surface area (Å²) >= 11 is 0. The van der Waals surface area contributed by atoms with Gasteiger partial charge >= 0.3 is 0 Å². The first-order valence-corrected chi connectivity index (χ1v) is 7.37. The van der Waals surface area contributed by atoms with Crippen LogP contribution >= 0.6 is 0 Å². The number of rotatable bonds is 3. The zero-order valence-electron chi connectivity index (χ0n) is 11.5. The Bertz CT molecular complexity index is 369. The second-order valence-corrected chi connectivity index (χ2v) is 5.53. The fourth-order valence-electron chi connectivity index (χ4n) is 3.03. The van der Waals surface area contributed by atoms with Gasteiger partial charge in [0.2, 0.25) is 5.95 Å². The second kappa shape index (κ2) is 6.30. The van der Waals surface area contributed by atoms with E-state index >= 15 is 0 Å². The van der Waals surface area contributed by atoms with Crippen LogP contribution in [-0.4, -0.2) is 60.7 Å². The minimum atomic E-state index is 0.845. The van der Waals surface area contributed by atoms with E-state index in [1.807, 2.05) is 18.5 Å². The molecule has 0 amide bonds. The van der Waals surface area contributed by atoms with Crippen LogP contribution in [0.15, 0.2) is 18.5 Å². The van der Waals surface area contributed by atoms with Crippen molar-refractivity contribution < 1.29 is 0 Å². The van der Waals surface area contributed by atoms with Crippen LogP contribution in [0, 0.1) is 5.92 Å². The third-order valence-electron chi connectivity index (χ3n) is 4.18. The predicted octanol–water partition coefficient (Wildman–Crippen LogP) is 0.598. The van der Waals surface area contributed by atoms with Crippen LogP contribution in [0.3, 0.4) is 0 Å². The number of hydrogen-bond acceptors (Lipinski definition) is 5. The Kier molecular flexibility index (Phi) is 4.25. The predicted molar refractivity (Wildman–Crippen MR) is 76.3 cm³/mol. The number of hydrogen-bond donors (Lipinski definition) is 1. The molecular weight excluding hydrogens is 238 g/mol. The molecule has 2 saturated heterocycles. The van der Waals surface area contributed by atoms with Gasteiger partial charge in [0.15, 0.2) is 0 Å². The van der Waals surface area contributed by atoms with E-state index in [4.69, 9.17) is 0 Å². The van der Waals surface area contributed by atoms with Gasteiger partial charge in [-0.05, 0) is 24.8 Å². The van der Waals surface area contributed by atoms with Crippen molar-refractivity contribution in [3.8, 4) is 0 Å². The largest absolute Gasteiger partial charge is 0.341 e. The first-order chi connectivity index (χ1) is 9.42. The number of aromatic nitrogens is 2. The van der Waals surface area contributed by atoms with E-state index in [9.17, 15) is 0 Å². The summed E-state index contributed by atoms with van der Waals surface area (Å²) < 4.78 is 0. The van der Waals surface area contributed by atoms with Crippen molar-refractivity contribution in [1.29, 1.82) is 0 Å². The van der Waals surface area contributed by atoms with Crippen molar-refractivity contribution in [2.75, 3.05) is 50.7 Å². The van der Waals surface area contributed by atoms with Gasteiger partial charge in [0.1, 0.15) is 0 Å². The average Bonchev–Trinajstić information content (AvgIpc) is 2.50. The third-order valence-corrected chi connectivity index (χ3v) is 4.18. The normalized spacial score (nSPS) is 22.6. The van der Waals surface area contributed by atoms with E-state index in [0.717, 1.165) is 38.0 Å². The Hall–Kier alpha value is -1.20. The molecule has 3 rings (SSSR count). The molecular formula is C14H23N5. The SMILES string of the molecule is c1cnc(N2CCC(CN3CCNCC3)CC2)nc1. The van der Waals surface area contributed by atoms with Crippen LogP contribution in [0.2, 0.25) is 0 Å². The molecule has 5 heteroatoms. The molecule has 0 atom stereocenters. The molecule has 0 radical (unpaired) electrons. The molecule has 3 heterocycles. The second-order valence-electron chi connectivity index (χ2n) is 5.53. The van der Waals surface area contributed by atoms with E-state index in [1.165, 1.54) is 32.5 Å². The topological polar surface area (TPSA) is 44.3 Å². The lowest BCUT2D eigenvalue weighted by atomic mass is 9.96. The molecule has 0 unspecified atom stereocenters. The maximum atomic E-state index is 4.34. The monoisotopic (exact) mass is 261 g/mol. The van der Waals surface area contributed by atoms with E-state index in [2.05, 4.69) is 25.1 Å². The van der Waals surface area contributed by atoms with Crippen molar-refractivity contribution >= 4 is 5.95 Å². The quantitative estimate of drug-likeness (QED) is 0.863. The third kappa shape index (κ3) is 3.42. The zero-order chi connectivity index (χ0) is 12.9. The Labute approximate surface area is 115 Å². The van der Waals surface area contributed by atoms with E-state index in [1.54, 1.807) is 0 Å². The van der Waals surface area contributed by atoms with Gasteiger partial charge < -0.3 is 15.1 Å². The minimum absolute atomic E-state index is 0.845. The summed E-state index contributed by atoms with van der Waals surface area (Å²) in [5, 5.41) is 3.41. The van der Waals surface area contributed by atoms with Crippen molar-refractivity contribution in [3.05, 3.63) is 18.5 Å². The highest BCUT2D eigenvalue weighted by Gasteiger charge is 2.23. The zero-order valence-corrected chi connectivity index (χ0v) is 11.5. The van der Waals surface area contributed by atoms with Crippen LogP contribution in [0.1, 0.15) is 12.8 Å². The first-order valence-electron chi connectivity index (χ1n) is 7.37. The summed E-state index contributed by atoms with van der Waals surface area (Å²) in [6, 6.07) is 1.88. The van der Waals surface area contributed by atoms with Gasteiger partial charge in [0.25, 0.3) is 0 Å².